The van der Waals surface area contributed by atoms with Crippen molar-refractivity contribution in [2.24, 2.45) is 34.0 Å². The fraction of sp³-hybridized carbons (Fsp3) is 0.773. The van der Waals surface area contributed by atoms with Crippen molar-refractivity contribution in [2.75, 3.05) is 6.61 Å². The van der Waals surface area contributed by atoms with Crippen LogP contribution in [-0.2, 0) is 19.1 Å². The van der Waals surface area contributed by atoms with Crippen molar-refractivity contribution in [3.05, 3.63) is 12.2 Å². The highest BCUT2D eigenvalue weighted by Gasteiger charge is 2.76. The normalized spacial score (nSPS) is 50.2. The predicted octanol–water partition coefficient (Wildman–Crippen LogP) is 1.82. The lowest BCUT2D eigenvalue weighted by atomic mass is 9.39. The molecule has 0 radical (unpaired) electrons. The van der Waals surface area contributed by atoms with E-state index in [1.165, 1.54) is 6.92 Å². The number of aliphatic hydroxyl groups excluding tert-OH is 2. The second-order valence-corrected chi connectivity index (χ2v) is 10.0. The average Bonchev–Trinajstić information content (AvgIpc) is 2.73. The maximum Gasteiger partial charge on any atom is 0.302 e. The molecule has 6 nitrogen and oxygen atoms in total. The number of carbonyl (C=O) groups is 3. The number of rotatable bonds is 2. The molecule has 0 saturated heterocycles. The van der Waals surface area contributed by atoms with Crippen LogP contribution in [0.25, 0.3) is 0 Å². The van der Waals surface area contributed by atoms with E-state index in [1.54, 1.807) is 0 Å². The third kappa shape index (κ3) is 2.19. The summed E-state index contributed by atoms with van der Waals surface area (Å²) in [6.07, 6.45) is 0.648. The summed E-state index contributed by atoms with van der Waals surface area (Å²) in [5.74, 6) is -2.14. The first-order valence-electron chi connectivity index (χ1n) is 10.3. The number of aliphatic hydroxyl groups is 2. The Bertz CT molecular complexity index is 773. The van der Waals surface area contributed by atoms with Gasteiger partial charge in [0.1, 0.15) is 5.78 Å². The molecule has 0 aromatic carbocycles. The van der Waals surface area contributed by atoms with Crippen LogP contribution in [0.2, 0.25) is 0 Å². The van der Waals surface area contributed by atoms with Crippen molar-refractivity contribution in [3.8, 4) is 0 Å². The molecule has 154 valence electrons. The lowest BCUT2D eigenvalue weighted by Gasteiger charge is -2.64. The zero-order valence-corrected chi connectivity index (χ0v) is 16.9. The van der Waals surface area contributed by atoms with E-state index < -0.39 is 34.9 Å². The van der Waals surface area contributed by atoms with E-state index in [0.29, 0.717) is 6.42 Å². The maximum atomic E-state index is 13.3. The van der Waals surface area contributed by atoms with Crippen molar-refractivity contribution >= 4 is 17.5 Å². The molecule has 4 saturated carbocycles. The Labute approximate surface area is 165 Å². The van der Waals surface area contributed by atoms with E-state index >= 15 is 0 Å². The molecule has 4 aliphatic rings. The zero-order chi connectivity index (χ0) is 20.6. The molecule has 0 aromatic heterocycles. The van der Waals surface area contributed by atoms with Gasteiger partial charge < -0.3 is 14.9 Å². The number of hydrogen-bond donors (Lipinski definition) is 2. The van der Waals surface area contributed by atoms with Crippen molar-refractivity contribution < 1.29 is 29.3 Å². The van der Waals surface area contributed by atoms with E-state index in [0.717, 1.165) is 19.3 Å². The lowest BCUT2D eigenvalue weighted by Crippen LogP contribution is -2.69. The Morgan fingerprint density at radius 1 is 1.25 bits per heavy atom. The molecule has 8 atom stereocenters. The second-order valence-electron chi connectivity index (χ2n) is 10.0. The van der Waals surface area contributed by atoms with Crippen LogP contribution in [0.5, 0.6) is 0 Å². The van der Waals surface area contributed by atoms with Crippen molar-refractivity contribution in [1.82, 2.24) is 0 Å². The fourth-order valence-corrected chi connectivity index (χ4v) is 7.47. The molecule has 28 heavy (non-hydrogen) atoms. The van der Waals surface area contributed by atoms with E-state index in [4.69, 9.17) is 4.74 Å². The molecule has 1 spiro atoms. The highest BCUT2D eigenvalue weighted by Crippen LogP contribution is 2.70. The monoisotopic (exact) mass is 390 g/mol. The molecule has 6 heteroatoms. The molecule has 4 fully saturated rings. The molecular formula is C22H30O6. The van der Waals surface area contributed by atoms with Crippen LogP contribution in [0, 0.1) is 34.0 Å². The minimum atomic E-state index is -1.47. The van der Waals surface area contributed by atoms with Crippen LogP contribution in [-0.4, -0.2) is 46.6 Å². The van der Waals surface area contributed by atoms with Crippen molar-refractivity contribution in [2.45, 2.75) is 65.1 Å². The van der Waals surface area contributed by atoms with Crippen LogP contribution in [0.1, 0.15) is 52.9 Å². The van der Waals surface area contributed by atoms with Gasteiger partial charge in [-0.1, -0.05) is 26.8 Å². The maximum absolute atomic E-state index is 13.3. The van der Waals surface area contributed by atoms with Crippen LogP contribution < -0.4 is 0 Å². The highest BCUT2D eigenvalue weighted by atomic mass is 16.5. The molecule has 0 aromatic rings. The first-order valence-corrected chi connectivity index (χ1v) is 10.3. The Balaban J connectivity index is 1.83. The number of hydrogen-bond acceptors (Lipinski definition) is 6. The third-order valence-corrected chi connectivity index (χ3v) is 8.60. The zero-order valence-electron chi connectivity index (χ0n) is 16.9. The van der Waals surface area contributed by atoms with Gasteiger partial charge in [-0.15, -0.1) is 0 Å². The van der Waals surface area contributed by atoms with E-state index in [9.17, 15) is 24.6 Å². The van der Waals surface area contributed by atoms with Gasteiger partial charge in [0.2, 0.25) is 0 Å². The van der Waals surface area contributed by atoms with Gasteiger partial charge in [0, 0.05) is 30.6 Å². The number of esters is 1. The van der Waals surface area contributed by atoms with Gasteiger partial charge in [0.25, 0.3) is 0 Å². The second kappa shape index (κ2) is 5.99. The minimum absolute atomic E-state index is 0.0507. The number of carbonyl (C=O) groups excluding carboxylic acids is 3. The molecule has 2 N–H and O–H groups in total. The third-order valence-electron chi connectivity index (χ3n) is 8.60. The van der Waals surface area contributed by atoms with Crippen LogP contribution in [0.15, 0.2) is 12.2 Å². The minimum Gasteiger partial charge on any atom is -0.465 e. The molecule has 4 rings (SSSR count). The van der Waals surface area contributed by atoms with Crippen LogP contribution in [0.4, 0.5) is 0 Å². The number of ketones is 2. The SMILES string of the molecule is C=C1C(=O)[C@@]23[C@H](O)C[C@@H]4[C@@](C)(COC(C)=O)CCC[C@@]4(C)[C@@H]2C(=O)C[C@H]1[C@H]3O. The summed E-state index contributed by atoms with van der Waals surface area (Å²) in [4.78, 5) is 38.0. The van der Waals surface area contributed by atoms with Gasteiger partial charge >= 0.3 is 5.97 Å². The summed E-state index contributed by atoms with van der Waals surface area (Å²) in [5.41, 5.74) is -2.12. The largest absolute Gasteiger partial charge is 0.465 e. The summed E-state index contributed by atoms with van der Waals surface area (Å²) in [5, 5.41) is 22.3. The molecule has 0 aliphatic heterocycles. The van der Waals surface area contributed by atoms with Gasteiger partial charge in [-0.2, -0.15) is 0 Å². The number of fused-ring (bicyclic) bond motifs is 3. The van der Waals surface area contributed by atoms with Gasteiger partial charge in [-0.25, -0.2) is 0 Å². The molecular weight excluding hydrogens is 360 g/mol. The van der Waals surface area contributed by atoms with Crippen molar-refractivity contribution in [3.63, 3.8) is 0 Å². The quantitative estimate of drug-likeness (QED) is 0.551. The fourth-order valence-electron chi connectivity index (χ4n) is 7.47. The number of ether oxygens (including phenoxy) is 1. The first-order chi connectivity index (χ1) is 13.0. The Morgan fingerprint density at radius 2 is 1.93 bits per heavy atom. The van der Waals surface area contributed by atoms with E-state index in [-0.39, 0.29) is 47.5 Å². The summed E-state index contributed by atoms with van der Waals surface area (Å²) in [6.45, 7) is 9.54. The Hall–Kier alpha value is -1.53. The molecule has 4 aliphatic carbocycles. The van der Waals surface area contributed by atoms with E-state index in [2.05, 4.69) is 6.58 Å². The van der Waals surface area contributed by atoms with Crippen molar-refractivity contribution in [1.29, 1.82) is 0 Å². The van der Waals surface area contributed by atoms with Gasteiger partial charge in [-0.3, -0.25) is 14.4 Å². The Kier molecular flexibility index (Phi) is 4.23. The summed E-state index contributed by atoms with van der Waals surface area (Å²) < 4.78 is 5.36. The smallest absolute Gasteiger partial charge is 0.302 e. The molecule has 0 amide bonds. The van der Waals surface area contributed by atoms with Crippen LogP contribution >= 0.6 is 0 Å². The standard InChI is InChI=1S/C22H30O6/c1-11-13-8-14(24)17-21(4)7-5-6-20(3,10-28-12(2)23)15(21)9-16(25)22(17,18(11)26)19(13)27/h13,15-17,19,25,27H,1,5-10H2,2-4H3/t13-,15-,16-,17+,19-,20-,21-,22-/m1/s1. The topological polar surface area (TPSA) is 101 Å². The number of Topliss-reactive ketones (excluding diaryl/α,β-unsaturated/α-hetero) is 2. The summed E-state index contributed by atoms with van der Waals surface area (Å²) in [6, 6.07) is 0. The molecule has 2 bridgehead atoms. The van der Waals surface area contributed by atoms with Gasteiger partial charge in [0.05, 0.1) is 24.2 Å². The van der Waals surface area contributed by atoms with Gasteiger partial charge in [-0.05, 0) is 36.2 Å². The van der Waals surface area contributed by atoms with Crippen LogP contribution in [0.3, 0.4) is 0 Å². The Morgan fingerprint density at radius 3 is 2.57 bits per heavy atom. The first kappa shape index (κ1) is 19.8. The average molecular weight is 390 g/mol. The lowest BCUT2D eigenvalue weighted by molar-refractivity contribution is -0.226. The molecule has 0 heterocycles. The van der Waals surface area contributed by atoms with Gasteiger partial charge in [0.15, 0.2) is 5.78 Å². The highest BCUT2D eigenvalue weighted by molar-refractivity contribution is 6.09. The summed E-state index contributed by atoms with van der Waals surface area (Å²) >= 11 is 0. The predicted molar refractivity (Wildman–Crippen MR) is 100 cm³/mol. The van der Waals surface area contributed by atoms with E-state index in [1.807, 2.05) is 13.8 Å². The summed E-state index contributed by atoms with van der Waals surface area (Å²) in [7, 11) is 0. The molecule has 0 unspecified atom stereocenters.